The number of nitrogens with zero attached hydrogens (tertiary/aromatic N) is 4. The summed E-state index contributed by atoms with van der Waals surface area (Å²) in [5, 5.41) is 3.02. The number of carbonyl (C=O) groups excluding carboxylic acids is 2. The van der Waals surface area contributed by atoms with Crippen molar-refractivity contribution in [3.8, 4) is 0 Å². The van der Waals surface area contributed by atoms with Crippen LogP contribution in [-0.4, -0.2) is 54.3 Å². The van der Waals surface area contributed by atoms with Crippen molar-refractivity contribution in [1.82, 2.24) is 14.5 Å². The molecule has 1 fully saturated rings. The molecule has 174 valence electrons. The molecule has 9 nitrogen and oxygen atoms in total. The minimum atomic E-state index is -3.77. The lowest BCUT2D eigenvalue weighted by molar-refractivity contribution is -0.137. The van der Waals surface area contributed by atoms with Crippen molar-refractivity contribution in [2.75, 3.05) is 29.3 Å². The van der Waals surface area contributed by atoms with Gasteiger partial charge < -0.3 is 14.4 Å². The molecule has 0 spiro atoms. The molecule has 0 aliphatic carbocycles. The highest BCUT2D eigenvalue weighted by Gasteiger charge is 2.28. The molecule has 11 heteroatoms. The molecule has 1 N–H and O–H groups in total. The monoisotopic (exact) mass is 495 g/mol. The number of aromatic nitrogens is 2. The van der Waals surface area contributed by atoms with E-state index in [4.69, 9.17) is 0 Å². The van der Waals surface area contributed by atoms with E-state index < -0.39 is 10.0 Å². The van der Waals surface area contributed by atoms with E-state index in [1.165, 1.54) is 29.7 Å². The fourth-order valence-electron chi connectivity index (χ4n) is 3.94. The van der Waals surface area contributed by atoms with Crippen molar-refractivity contribution in [2.45, 2.75) is 11.4 Å². The molecule has 34 heavy (non-hydrogen) atoms. The number of para-hydroxylation sites is 1. The van der Waals surface area contributed by atoms with Crippen LogP contribution in [0.1, 0.15) is 0 Å². The first-order valence-electron chi connectivity index (χ1n) is 10.6. The predicted molar refractivity (Wildman–Crippen MR) is 130 cm³/mol. The van der Waals surface area contributed by atoms with Crippen LogP contribution in [0, 0.1) is 0 Å². The van der Waals surface area contributed by atoms with Gasteiger partial charge in [-0.2, -0.15) is 0 Å². The summed E-state index contributed by atoms with van der Waals surface area (Å²) in [7, 11) is -3.77. The number of sulfonamides is 1. The maximum Gasteiger partial charge on any atom is 0.263 e. The van der Waals surface area contributed by atoms with Gasteiger partial charge in [0.25, 0.3) is 10.0 Å². The Balaban J connectivity index is 1.23. The van der Waals surface area contributed by atoms with Gasteiger partial charge in [0.1, 0.15) is 13.1 Å². The normalized spacial score (nSPS) is 14.5. The van der Waals surface area contributed by atoms with Crippen LogP contribution in [0.15, 0.2) is 77.3 Å². The molecule has 0 atom stereocenters. The van der Waals surface area contributed by atoms with Crippen molar-refractivity contribution in [2.24, 2.45) is 0 Å². The van der Waals surface area contributed by atoms with Gasteiger partial charge in [0, 0.05) is 42.1 Å². The Morgan fingerprint density at radius 1 is 1.06 bits per heavy atom. The number of thiazole rings is 1. The number of fused-ring (bicyclic) bond motifs is 1. The summed E-state index contributed by atoms with van der Waals surface area (Å²) in [6.07, 6.45) is 3.39. The number of carbonyl (C=O) groups is 2. The van der Waals surface area contributed by atoms with Gasteiger partial charge in [0.15, 0.2) is 5.13 Å². The van der Waals surface area contributed by atoms with Crippen LogP contribution < -0.4 is 9.62 Å². The zero-order chi connectivity index (χ0) is 23.7. The van der Waals surface area contributed by atoms with Crippen molar-refractivity contribution in [3.05, 3.63) is 72.4 Å². The first-order valence-corrected chi connectivity index (χ1v) is 12.9. The third-order valence-corrected chi connectivity index (χ3v) is 7.84. The molecule has 0 radical (unpaired) electrons. The van der Waals surface area contributed by atoms with Crippen LogP contribution >= 0.6 is 11.3 Å². The molecule has 2 amide bonds. The van der Waals surface area contributed by atoms with Crippen molar-refractivity contribution >= 4 is 54.9 Å². The first-order chi connectivity index (χ1) is 16.4. The number of nitrogens with one attached hydrogen (secondary N) is 1. The summed E-state index contributed by atoms with van der Waals surface area (Å²) in [6, 6.07) is 15.9. The van der Waals surface area contributed by atoms with Crippen LogP contribution in [0.25, 0.3) is 10.9 Å². The van der Waals surface area contributed by atoms with E-state index in [2.05, 4.69) is 9.71 Å². The van der Waals surface area contributed by atoms with Gasteiger partial charge in [0.2, 0.25) is 11.8 Å². The molecular weight excluding hydrogens is 474 g/mol. The Bertz CT molecular complexity index is 1450. The van der Waals surface area contributed by atoms with Gasteiger partial charge in [0.05, 0.1) is 4.90 Å². The predicted octanol–water partition coefficient (Wildman–Crippen LogP) is 2.77. The smallest absolute Gasteiger partial charge is 0.263 e. The molecule has 2 aromatic heterocycles. The summed E-state index contributed by atoms with van der Waals surface area (Å²) in [5.41, 5.74) is 1.56. The molecule has 2 aromatic carbocycles. The number of hydrogen-bond acceptors (Lipinski definition) is 6. The van der Waals surface area contributed by atoms with Crippen molar-refractivity contribution in [3.63, 3.8) is 0 Å². The van der Waals surface area contributed by atoms with Crippen LogP contribution in [0.2, 0.25) is 0 Å². The highest BCUT2D eigenvalue weighted by molar-refractivity contribution is 7.93. The standard InChI is InChI=1S/C23H21N5O4S2/c29-21(15-26-11-9-17-3-1-2-4-20(17)26)27-12-13-28(22(30)16-27)18-5-7-19(8-6-18)34(31,32)25-23-24-10-14-33-23/h1-11,14H,12-13,15-16H2,(H,24,25). The average Bonchev–Trinajstić information content (AvgIpc) is 3.49. The number of rotatable bonds is 6. The van der Waals surface area contributed by atoms with E-state index >= 15 is 0 Å². The molecule has 1 saturated heterocycles. The Labute approximate surface area is 200 Å². The Morgan fingerprint density at radius 2 is 1.85 bits per heavy atom. The molecule has 4 aromatic rings. The number of piperazine rings is 1. The van der Waals surface area contributed by atoms with E-state index in [0.717, 1.165) is 10.9 Å². The van der Waals surface area contributed by atoms with E-state index in [-0.39, 0.29) is 34.9 Å². The van der Waals surface area contributed by atoms with Gasteiger partial charge >= 0.3 is 0 Å². The fourth-order valence-corrected chi connectivity index (χ4v) is 5.72. The summed E-state index contributed by atoms with van der Waals surface area (Å²) in [4.78, 5) is 32.8. The number of anilines is 2. The molecule has 0 bridgehead atoms. The largest absolute Gasteiger partial charge is 0.338 e. The van der Waals surface area contributed by atoms with Crippen LogP contribution in [0.3, 0.4) is 0 Å². The number of benzene rings is 2. The van der Waals surface area contributed by atoms with Gasteiger partial charge in [-0.15, -0.1) is 11.3 Å². The maximum atomic E-state index is 12.8. The average molecular weight is 496 g/mol. The van der Waals surface area contributed by atoms with E-state index in [0.29, 0.717) is 18.8 Å². The van der Waals surface area contributed by atoms with Crippen molar-refractivity contribution < 1.29 is 18.0 Å². The summed E-state index contributed by atoms with van der Waals surface area (Å²) in [6.45, 7) is 0.874. The topological polar surface area (TPSA) is 105 Å². The van der Waals surface area contributed by atoms with Crippen LogP contribution in [0.4, 0.5) is 10.8 Å². The second kappa shape index (κ2) is 8.92. The molecule has 3 heterocycles. The van der Waals surface area contributed by atoms with E-state index in [1.54, 1.807) is 27.3 Å². The lowest BCUT2D eigenvalue weighted by Gasteiger charge is -2.34. The third-order valence-electron chi connectivity index (χ3n) is 5.67. The second-order valence-electron chi connectivity index (χ2n) is 7.80. The SMILES string of the molecule is O=C(Cn1ccc2ccccc21)N1CCN(c2ccc(S(=O)(=O)Nc3nccs3)cc2)C(=O)C1. The number of hydrogen-bond donors (Lipinski definition) is 1. The van der Waals surface area contributed by atoms with E-state index in [1.807, 2.05) is 41.1 Å². The zero-order valence-corrected chi connectivity index (χ0v) is 19.6. The number of amides is 2. The summed E-state index contributed by atoms with van der Waals surface area (Å²) >= 11 is 1.19. The third kappa shape index (κ3) is 4.39. The zero-order valence-electron chi connectivity index (χ0n) is 18.0. The van der Waals surface area contributed by atoms with Crippen molar-refractivity contribution in [1.29, 1.82) is 0 Å². The molecule has 5 rings (SSSR count). The molecular formula is C23H21N5O4S2. The minimum Gasteiger partial charge on any atom is -0.338 e. The molecule has 0 saturated carbocycles. The van der Waals surface area contributed by atoms with Gasteiger partial charge in [-0.3, -0.25) is 14.3 Å². The van der Waals surface area contributed by atoms with Crippen LogP contribution in [0.5, 0.6) is 0 Å². The van der Waals surface area contributed by atoms with Gasteiger partial charge in [-0.25, -0.2) is 13.4 Å². The fraction of sp³-hybridized carbons (Fsp3) is 0.174. The summed E-state index contributed by atoms with van der Waals surface area (Å²) < 4.78 is 29.3. The molecule has 1 aliphatic heterocycles. The lowest BCUT2D eigenvalue weighted by atomic mass is 10.2. The quantitative estimate of drug-likeness (QED) is 0.443. The van der Waals surface area contributed by atoms with E-state index in [9.17, 15) is 18.0 Å². The van der Waals surface area contributed by atoms with Crippen LogP contribution in [-0.2, 0) is 26.2 Å². The van der Waals surface area contributed by atoms with Gasteiger partial charge in [-0.05, 0) is 41.8 Å². The second-order valence-corrected chi connectivity index (χ2v) is 10.4. The highest BCUT2D eigenvalue weighted by Crippen LogP contribution is 2.23. The highest BCUT2D eigenvalue weighted by atomic mass is 32.2. The minimum absolute atomic E-state index is 0.0241. The maximum absolute atomic E-state index is 12.8. The van der Waals surface area contributed by atoms with Gasteiger partial charge in [-0.1, -0.05) is 18.2 Å². The Morgan fingerprint density at radius 3 is 2.59 bits per heavy atom. The molecule has 1 aliphatic rings. The lowest BCUT2D eigenvalue weighted by Crippen LogP contribution is -2.53. The Kier molecular flexibility index (Phi) is 5.80. The summed E-state index contributed by atoms with van der Waals surface area (Å²) in [5.74, 6) is -0.336. The Hall–Kier alpha value is -3.70. The first kappa shape index (κ1) is 22.1. The molecule has 0 unspecified atom stereocenters.